The van der Waals surface area contributed by atoms with Crippen LogP contribution < -0.4 is 11.1 Å². The Kier molecular flexibility index (Phi) is 6.59. The minimum Gasteiger partial charge on any atom is -0.396 e. The van der Waals surface area contributed by atoms with Crippen molar-refractivity contribution in [2.45, 2.75) is 19.9 Å². The predicted octanol–water partition coefficient (Wildman–Crippen LogP) is 0.331. The first-order valence-electron chi connectivity index (χ1n) is 5.98. The molecule has 0 saturated carbocycles. The van der Waals surface area contributed by atoms with Gasteiger partial charge in [0, 0.05) is 31.6 Å². The molecule has 1 amide bonds. The van der Waals surface area contributed by atoms with Gasteiger partial charge in [-0.1, -0.05) is 0 Å². The van der Waals surface area contributed by atoms with Gasteiger partial charge in [-0.15, -0.1) is 0 Å². The van der Waals surface area contributed by atoms with Crippen molar-refractivity contribution in [1.29, 1.82) is 0 Å². The van der Waals surface area contributed by atoms with Crippen LogP contribution in [0.1, 0.15) is 23.8 Å². The fourth-order valence-electron chi connectivity index (χ4n) is 1.36. The summed E-state index contributed by atoms with van der Waals surface area (Å²) >= 11 is 1.70. The molecule has 0 aromatic carbocycles. The zero-order chi connectivity index (χ0) is 13.4. The van der Waals surface area contributed by atoms with E-state index >= 15 is 0 Å². The molecule has 1 rings (SSSR count). The molecule has 0 radical (unpaired) electrons. The molecule has 0 aliphatic heterocycles. The number of nitrogen functional groups attached to an aromatic ring is 1. The highest BCUT2D eigenvalue weighted by Crippen LogP contribution is 2.08. The normalized spacial score (nSPS) is 10.6. The molecule has 0 spiro atoms. The van der Waals surface area contributed by atoms with E-state index in [1.807, 2.05) is 6.92 Å². The summed E-state index contributed by atoms with van der Waals surface area (Å²) < 4.78 is 1.64. The summed E-state index contributed by atoms with van der Waals surface area (Å²) in [5, 5.41) is 15.5. The number of thioether (sulfide) groups is 1. The van der Waals surface area contributed by atoms with Crippen LogP contribution in [0.5, 0.6) is 0 Å². The number of nitrogens with one attached hydrogen (secondary N) is 1. The SMILES string of the molecule is CCn1cc(N)c(C(=O)NCCSCCCO)n1. The molecule has 0 fully saturated rings. The lowest BCUT2D eigenvalue weighted by Crippen LogP contribution is -2.27. The minimum absolute atomic E-state index is 0.213. The number of hydrogen-bond donors (Lipinski definition) is 3. The number of anilines is 1. The van der Waals surface area contributed by atoms with E-state index in [2.05, 4.69) is 10.4 Å². The van der Waals surface area contributed by atoms with E-state index < -0.39 is 0 Å². The summed E-state index contributed by atoms with van der Waals surface area (Å²) in [6.07, 6.45) is 2.44. The van der Waals surface area contributed by atoms with Crippen LogP contribution in [0.4, 0.5) is 5.69 Å². The average molecular weight is 272 g/mol. The van der Waals surface area contributed by atoms with Crippen LogP contribution in [-0.2, 0) is 6.54 Å². The van der Waals surface area contributed by atoms with E-state index in [0.717, 1.165) is 17.9 Å². The monoisotopic (exact) mass is 272 g/mol. The van der Waals surface area contributed by atoms with Gasteiger partial charge in [0.25, 0.3) is 5.91 Å². The third-order valence-electron chi connectivity index (χ3n) is 2.31. The number of rotatable bonds is 8. The minimum atomic E-state index is -0.234. The molecule has 7 heteroatoms. The molecule has 1 heterocycles. The van der Waals surface area contributed by atoms with E-state index in [4.69, 9.17) is 10.8 Å². The molecule has 1 aromatic heterocycles. The van der Waals surface area contributed by atoms with E-state index in [0.29, 0.717) is 18.8 Å². The number of aliphatic hydroxyl groups excluding tert-OH is 1. The molecule has 0 aliphatic carbocycles. The van der Waals surface area contributed by atoms with Crippen LogP contribution in [0.15, 0.2) is 6.20 Å². The molecule has 0 unspecified atom stereocenters. The second kappa shape index (κ2) is 7.99. The summed E-state index contributed by atoms with van der Waals surface area (Å²) in [4.78, 5) is 11.8. The highest BCUT2D eigenvalue weighted by molar-refractivity contribution is 7.99. The van der Waals surface area contributed by atoms with E-state index in [9.17, 15) is 4.79 Å². The fraction of sp³-hybridized carbons (Fsp3) is 0.636. The van der Waals surface area contributed by atoms with Gasteiger partial charge in [-0.3, -0.25) is 9.48 Å². The van der Waals surface area contributed by atoms with E-state index in [-0.39, 0.29) is 18.2 Å². The number of carbonyl (C=O) groups is 1. The first kappa shape index (κ1) is 14.8. The third kappa shape index (κ3) is 4.58. The molecule has 1 aromatic rings. The van der Waals surface area contributed by atoms with Gasteiger partial charge in [0.1, 0.15) is 0 Å². The summed E-state index contributed by atoms with van der Waals surface area (Å²) in [7, 11) is 0. The number of hydrogen-bond acceptors (Lipinski definition) is 5. The highest BCUT2D eigenvalue weighted by atomic mass is 32.2. The lowest BCUT2D eigenvalue weighted by Gasteiger charge is -2.03. The number of aromatic nitrogens is 2. The Labute approximate surface area is 111 Å². The van der Waals surface area contributed by atoms with Crippen molar-refractivity contribution in [3.8, 4) is 0 Å². The van der Waals surface area contributed by atoms with E-state index in [1.54, 1.807) is 22.6 Å². The first-order valence-corrected chi connectivity index (χ1v) is 7.14. The van der Waals surface area contributed by atoms with Crippen molar-refractivity contribution in [2.24, 2.45) is 0 Å². The van der Waals surface area contributed by atoms with Gasteiger partial charge < -0.3 is 16.2 Å². The lowest BCUT2D eigenvalue weighted by molar-refractivity contribution is 0.0951. The van der Waals surface area contributed by atoms with Gasteiger partial charge in [0.15, 0.2) is 5.69 Å². The first-order chi connectivity index (χ1) is 8.69. The standard InChI is InChI=1S/C11H20N4O2S/c1-2-15-8-9(12)10(14-15)11(17)13-4-7-18-6-3-5-16/h8,16H,2-7,12H2,1H3,(H,13,17). The molecule has 4 N–H and O–H groups in total. The number of aryl methyl sites for hydroxylation is 1. The maximum absolute atomic E-state index is 11.8. The largest absolute Gasteiger partial charge is 0.396 e. The average Bonchev–Trinajstić information content (AvgIpc) is 2.75. The van der Waals surface area contributed by atoms with Crippen LogP contribution in [0.3, 0.4) is 0 Å². The molecular weight excluding hydrogens is 252 g/mol. The van der Waals surface area contributed by atoms with Crippen molar-refractivity contribution in [3.05, 3.63) is 11.9 Å². The predicted molar refractivity (Wildman–Crippen MR) is 73.7 cm³/mol. The van der Waals surface area contributed by atoms with Crippen molar-refractivity contribution >= 4 is 23.4 Å². The Balaban J connectivity index is 2.29. The smallest absolute Gasteiger partial charge is 0.273 e. The van der Waals surface area contributed by atoms with Gasteiger partial charge in [-0.05, 0) is 19.1 Å². The Morgan fingerprint density at radius 2 is 2.39 bits per heavy atom. The second-order valence-corrected chi connectivity index (χ2v) is 4.96. The second-order valence-electron chi connectivity index (χ2n) is 3.73. The number of amides is 1. The Morgan fingerprint density at radius 3 is 3.00 bits per heavy atom. The number of aliphatic hydroxyl groups is 1. The topological polar surface area (TPSA) is 93.2 Å². The van der Waals surface area contributed by atoms with Crippen LogP contribution in [0.2, 0.25) is 0 Å². The van der Waals surface area contributed by atoms with Crippen molar-refractivity contribution < 1.29 is 9.90 Å². The summed E-state index contributed by atoms with van der Waals surface area (Å²) in [6.45, 7) is 3.41. The molecule has 0 bridgehead atoms. The number of carbonyl (C=O) groups excluding carboxylic acids is 1. The maximum atomic E-state index is 11.8. The molecule has 0 saturated heterocycles. The van der Waals surface area contributed by atoms with Crippen LogP contribution in [0, 0.1) is 0 Å². The maximum Gasteiger partial charge on any atom is 0.273 e. The fourth-order valence-corrected chi connectivity index (χ4v) is 2.15. The van der Waals surface area contributed by atoms with Crippen LogP contribution in [0.25, 0.3) is 0 Å². The molecule has 0 aliphatic rings. The molecular formula is C11H20N4O2S. The van der Waals surface area contributed by atoms with Gasteiger partial charge in [-0.25, -0.2) is 0 Å². The molecule has 0 atom stereocenters. The molecule has 6 nitrogen and oxygen atoms in total. The van der Waals surface area contributed by atoms with Gasteiger partial charge >= 0.3 is 0 Å². The van der Waals surface area contributed by atoms with E-state index in [1.165, 1.54) is 0 Å². The quantitative estimate of drug-likeness (QED) is 0.593. The number of nitrogens with two attached hydrogens (primary N) is 1. The van der Waals surface area contributed by atoms with Crippen LogP contribution >= 0.6 is 11.8 Å². The van der Waals surface area contributed by atoms with Crippen molar-refractivity contribution in [2.75, 3.05) is 30.4 Å². The highest BCUT2D eigenvalue weighted by Gasteiger charge is 2.13. The summed E-state index contributed by atoms with van der Waals surface area (Å²) in [5.41, 5.74) is 6.40. The molecule has 102 valence electrons. The van der Waals surface area contributed by atoms with Gasteiger partial charge in [-0.2, -0.15) is 16.9 Å². The van der Waals surface area contributed by atoms with Crippen LogP contribution in [-0.4, -0.2) is 45.5 Å². The zero-order valence-electron chi connectivity index (χ0n) is 10.6. The Morgan fingerprint density at radius 1 is 1.61 bits per heavy atom. The Bertz CT molecular complexity index is 381. The summed E-state index contributed by atoms with van der Waals surface area (Å²) in [6, 6.07) is 0. The summed E-state index contributed by atoms with van der Waals surface area (Å²) in [5.74, 6) is 1.49. The number of nitrogens with zero attached hydrogens (tertiary/aromatic N) is 2. The van der Waals surface area contributed by atoms with Gasteiger partial charge in [0.2, 0.25) is 0 Å². The van der Waals surface area contributed by atoms with Crippen molar-refractivity contribution in [1.82, 2.24) is 15.1 Å². The van der Waals surface area contributed by atoms with Crippen molar-refractivity contribution in [3.63, 3.8) is 0 Å². The van der Waals surface area contributed by atoms with Gasteiger partial charge in [0.05, 0.1) is 5.69 Å². The third-order valence-corrected chi connectivity index (χ3v) is 3.38. The molecule has 18 heavy (non-hydrogen) atoms. The zero-order valence-corrected chi connectivity index (χ0v) is 11.4. The Hall–Kier alpha value is -1.21. The lowest BCUT2D eigenvalue weighted by atomic mass is 10.3.